The SMILES string of the molecule is CCN(CCC(N)c1cccc(F)c1)Cc1ccncc1. The second kappa shape index (κ2) is 7.86. The number of aromatic nitrogens is 1. The van der Waals surface area contributed by atoms with E-state index in [1.54, 1.807) is 6.07 Å². The van der Waals surface area contributed by atoms with Gasteiger partial charge in [-0.2, -0.15) is 0 Å². The van der Waals surface area contributed by atoms with Crippen molar-refractivity contribution in [1.29, 1.82) is 0 Å². The Hall–Kier alpha value is -1.78. The predicted molar refractivity (Wildman–Crippen MR) is 83.1 cm³/mol. The number of benzene rings is 1. The van der Waals surface area contributed by atoms with Crippen LogP contribution < -0.4 is 5.73 Å². The normalized spacial score (nSPS) is 12.6. The Morgan fingerprint density at radius 3 is 2.67 bits per heavy atom. The molecule has 0 radical (unpaired) electrons. The van der Waals surface area contributed by atoms with Crippen molar-refractivity contribution in [3.8, 4) is 0 Å². The maximum atomic E-state index is 13.2. The summed E-state index contributed by atoms with van der Waals surface area (Å²) in [5.74, 6) is -0.230. The minimum atomic E-state index is -0.230. The summed E-state index contributed by atoms with van der Waals surface area (Å²) in [6, 6.07) is 10.5. The van der Waals surface area contributed by atoms with Crippen LogP contribution in [-0.2, 0) is 6.54 Å². The molecule has 112 valence electrons. The summed E-state index contributed by atoms with van der Waals surface area (Å²) in [6.07, 6.45) is 4.42. The van der Waals surface area contributed by atoms with Gasteiger partial charge in [0.2, 0.25) is 0 Å². The highest BCUT2D eigenvalue weighted by atomic mass is 19.1. The standard InChI is InChI=1S/C17H22FN3/c1-2-21(13-14-6-9-20-10-7-14)11-8-17(19)15-4-3-5-16(18)12-15/h3-7,9-10,12,17H,2,8,11,13,19H2,1H3. The van der Waals surface area contributed by atoms with Crippen LogP contribution in [0.3, 0.4) is 0 Å². The van der Waals surface area contributed by atoms with Gasteiger partial charge in [-0.1, -0.05) is 19.1 Å². The van der Waals surface area contributed by atoms with Crippen molar-refractivity contribution >= 4 is 0 Å². The lowest BCUT2D eigenvalue weighted by molar-refractivity contribution is 0.268. The fourth-order valence-electron chi connectivity index (χ4n) is 2.32. The average molecular weight is 287 g/mol. The van der Waals surface area contributed by atoms with E-state index >= 15 is 0 Å². The van der Waals surface area contributed by atoms with E-state index in [1.165, 1.54) is 17.7 Å². The third-order valence-corrected chi connectivity index (χ3v) is 3.64. The van der Waals surface area contributed by atoms with E-state index in [4.69, 9.17) is 5.73 Å². The molecule has 0 aliphatic carbocycles. The molecule has 1 atom stereocenters. The van der Waals surface area contributed by atoms with Crippen LogP contribution in [0.4, 0.5) is 4.39 Å². The summed E-state index contributed by atoms with van der Waals surface area (Å²) in [5, 5.41) is 0. The van der Waals surface area contributed by atoms with E-state index in [1.807, 2.05) is 30.6 Å². The second-order valence-electron chi connectivity index (χ2n) is 5.17. The maximum absolute atomic E-state index is 13.2. The third kappa shape index (κ3) is 4.92. The molecule has 0 aliphatic heterocycles. The zero-order chi connectivity index (χ0) is 15.1. The fraction of sp³-hybridized carbons (Fsp3) is 0.353. The van der Waals surface area contributed by atoms with Crippen LogP contribution in [0.1, 0.15) is 30.5 Å². The van der Waals surface area contributed by atoms with Crippen molar-refractivity contribution in [1.82, 2.24) is 9.88 Å². The molecule has 0 aliphatic rings. The van der Waals surface area contributed by atoms with E-state index in [0.717, 1.165) is 31.6 Å². The lowest BCUT2D eigenvalue weighted by atomic mass is 10.0. The molecule has 0 amide bonds. The molecule has 0 fully saturated rings. The number of nitrogens with zero attached hydrogens (tertiary/aromatic N) is 2. The minimum absolute atomic E-state index is 0.132. The molecule has 2 rings (SSSR count). The minimum Gasteiger partial charge on any atom is -0.324 e. The summed E-state index contributed by atoms with van der Waals surface area (Å²) in [7, 11) is 0. The van der Waals surface area contributed by atoms with Gasteiger partial charge < -0.3 is 5.73 Å². The number of nitrogens with two attached hydrogens (primary N) is 1. The number of hydrogen-bond acceptors (Lipinski definition) is 3. The average Bonchev–Trinajstić information content (AvgIpc) is 2.52. The number of pyridine rings is 1. The van der Waals surface area contributed by atoms with Gasteiger partial charge in [-0.25, -0.2) is 4.39 Å². The monoisotopic (exact) mass is 287 g/mol. The van der Waals surface area contributed by atoms with Gasteiger partial charge in [0.25, 0.3) is 0 Å². The van der Waals surface area contributed by atoms with E-state index < -0.39 is 0 Å². The Labute approximate surface area is 125 Å². The van der Waals surface area contributed by atoms with E-state index in [0.29, 0.717) is 0 Å². The number of rotatable bonds is 7. The highest BCUT2D eigenvalue weighted by molar-refractivity contribution is 5.19. The molecule has 2 N–H and O–H groups in total. The number of hydrogen-bond donors (Lipinski definition) is 1. The van der Waals surface area contributed by atoms with Gasteiger partial charge in [0, 0.05) is 31.5 Å². The largest absolute Gasteiger partial charge is 0.324 e. The van der Waals surface area contributed by atoms with E-state index in [-0.39, 0.29) is 11.9 Å². The van der Waals surface area contributed by atoms with Crippen LogP contribution >= 0.6 is 0 Å². The quantitative estimate of drug-likeness (QED) is 0.850. The molecule has 0 bridgehead atoms. The molecule has 1 unspecified atom stereocenters. The van der Waals surface area contributed by atoms with Crippen molar-refractivity contribution in [3.05, 3.63) is 65.7 Å². The molecule has 0 saturated heterocycles. The van der Waals surface area contributed by atoms with Crippen molar-refractivity contribution < 1.29 is 4.39 Å². The van der Waals surface area contributed by atoms with Crippen molar-refractivity contribution in [3.63, 3.8) is 0 Å². The lowest BCUT2D eigenvalue weighted by Crippen LogP contribution is -2.27. The van der Waals surface area contributed by atoms with Crippen molar-refractivity contribution in [2.75, 3.05) is 13.1 Å². The first-order valence-corrected chi connectivity index (χ1v) is 7.31. The molecule has 21 heavy (non-hydrogen) atoms. The van der Waals surface area contributed by atoms with Crippen LogP contribution in [0.5, 0.6) is 0 Å². The first-order valence-electron chi connectivity index (χ1n) is 7.31. The van der Waals surface area contributed by atoms with Crippen LogP contribution in [0.25, 0.3) is 0 Å². The van der Waals surface area contributed by atoms with Crippen molar-refractivity contribution in [2.45, 2.75) is 25.9 Å². The topological polar surface area (TPSA) is 42.1 Å². The zero-order valence-corrected chi connectivity index (χ0v) is 12.4. The number of halogens is 1. The van der Waals surface area contributed by atoms with Gasteiger partial charge in [0.15, 0.2) is 0 Å². The molecule has 1 heterocycles. The van der Waals surface area contributed by atoms with Crippen molar-refractivity contribution in [2.24, 2.45) is 5.73 Å². The maximum Gasteiger partial charge on any atom is 0.123 e. The Morgan fingerprint density at radius 1 is 1.24 bits per heavy atom. The Bertz CT molecular complexity index is 545. The summed E-state index contributed by atoms with van der Waals surface area (Å²) >= 11 is 0. The first kappa shape index (κ1) is 15.6. The molecule has 1 aromatic heterocycles. The van der Waals surface area contributed by atoms with Gasteiger partial charge in [-0.3, -0.25) is 9.88 Å². The molecule has 4 heteroatoms. The third-order valence-electron chi connectivity index (χ3n) is 3.64. The first-order chi connectivity index (χ1) is 10.2. The second-order valence-corrected chi connectivity index (χ2v) is 5.17. The van der Waals surface area contributed by atoms with E-state index in [2.05, 4.69) is 16.8 Å². The van der Waals surface area contributed by atoms with Crippen LogP contribution in [0.15, 0.2) is 48.8 Å². The van der Waals surface area contributed by atoms with Gasteiger partial charge in [-0.05, 0) is 48.4 Å². The molecule has 0 spiro atoms. The molecular weight excluding hydrogens is 265 g/mol. The predicted octanol–water partition coefficient (Wildman–Crippen LogP) is 3.13. The van der Waals surface area contributed by atoms with Crippen LogP contribution in [0.2, 0.25) is 0 Å². The van der Waals surface area contributed by atoms with Gasteiger partial charge in [0.1, 0.15) is 5.82 Å². The van der Waals surface area contributed by atoms with Gasteiger partial charge in [-0.15, -0.1) is 0 Å². The summed E-state index contributed by atoms with van der Waals surface area (Å²) in [5.41, 5.74) is 8.26. The van der Waals surface area contributed by atoms with Gasteiger partial charge >= 0.3 is 0 Å². The smallest absolute Gasteiger partial charge is 0.123 e. The van der Waals surface area contributed by atoms with E-state index in [9.17, 15) is 4.39 Å². The summed E-state index contributed by atoms with van der Waals surface area (Å²) in [6.45, 7) is 4.86. The molecule has 0 saturated carbocycles. The summed E-state index contributed by atoms with van der Waals surface area (Å²) < 4.78 is 13.2. The summed E-state index contributed by atoms with van der Waals surface area (Å²) in [4.78, 5) is 6.35. The highest BCUT2D eigenvalue weighted by Crippen LogP contribution is 2.16. The van der Waals surface area contributed by atoms with Crippen LogP contribution in [-0.4, -0.2) is 23.0 Å². The van der Waals surface area contributed by atoms with Crippen LogP contribution in [0, 0.1) is 5.82 Å². The Kier molecular flexibility index (Phi) is 5.84. The Morgan fingerprint density at radius 2 is 2.00 bits per heavy atom. The molecule has 2 aromatic rings. The molecule has 1 aromatic carbocycles. The molecular formula is C17H22FN3. The Balaban J connectivity index is 1.88. The lowest BCUT2D eigenvalue weighted by Gasteiger charge is -2.22. The fourth-order valence-corrected chi connectivity index (χ4v) is 2.32. The van der Waals surface area contributed by atoms with Gasteiger partial charge in [0.05, 0.1) is 0 Å². The zero-order valence-electron chi connectivity index (χ0n) is 12.4. The highest BCUT2D eigenvalue weighted by Gasteiger charge is 2.10. The molecule has 3 nitrogen and oxygen atoms in total.